The lowest BCUT2D eigenvalue weighted by atomic mass is 9.71. The minimum Gasteiger partial charge on any atom is -0.314 e. The molecule has 3 atom stereocenters. The number of thiophene rings is 1. The van der Waals surface area contributed by atoms with E-state index in [-0.39, 0.29) is 0 Å². The van der Waals surface area contributed by atoms with Gasteiger partial charge in [0.25, 0.3) is 0 Å². The zero-order chi connectivity index (χ0) is 13.1. The van der Waals surface area contributed by atoms with Crippen LogP contribution in [0.2, 0.25) is 0 Å². The normalized spacial score (nSPS) is 28.8. The van der Waals surface area contributed by atoms with Crippen LogP contribution in [0, 0.1) is 18.8 Å². The van der Waals surface area contributed by atoms with Crippen molar-refractivity contribution in [2.75, 3.05) is 6.54 Å². The van der Waals surface area contributed by atoms with Gasteiger partial charge in [0, 0.05) is 10.9 Å². The van der Waals surface area contributed by atoms with E-state index in [1.165, 1.54) is 30.7 Å². The van der Waals surface area contributed by atoms with E-state index in [0.717, 1.165) is 17.8 Å². The lowest BCUT2D eigenvalue weighted by molar-refractivity contribution is 0.238. The molecule has 2 rings (SSSR count). The quantitative estimate of drug-likeness (QED) is 0.840. The Bertz CT molecular complexity index is 369. The first kappa shape index (κ1) is 14.1. The first-order valence-electron chi connectivity index (χ1n) is 7.35. The SMILES string of the molecule is Cc1sccc1C1CC(C)CCC1CNC(C)C. The van der Waals surface area contributed by atoms with E-state index in [4.69, 9.17) is 0 Å². The summed E-state index contributed by atoms with van der Waals surface area (Å²) in [6, 6.07) is 2.97. The van der Waals surface area contributed by atoms with Gasteiger partial charge in [0.2, 0.25) is 0 Å². The predicted octanol–water partition coefficient (Wildman–Crippen LogP) is 4.57. The van der Waals surface area contributed by atoms with Crippen molar-refractivity contribution in [2.45, 2.75) is 58.9 Å². The van der Waals surface area contributed by atoms with E-state index >= 15 is 0 Å². The van der Waals surface area contributed by atoms with Crippen molar-refractivity contribution in [3.63, 3.8) is 0 Å². The maximum Gasteiger partial charge on any atom is 0.00491 e. The Kier molecular flexibility index (Phi) is 4.85. The van der Waals surface area contributed by atoms with Crippen LogP contribution in [-0.4, -0.2) is 12.6 Å². The van der Waals surface area contributed by atoms with Gasteiger partial charge in [0.1, 0.15) is 0 Å². The first-order valence-corrected chi connectivity index (χ1v) is 8.23. The minimum atomic E-state index is 0.605. The van der Waals surface area contributed by atoms with E-state index in [1.807, 2.05) is 11.3 Å². The van der Waals surface area contributed by atoms with Crippen molar-refractivity contribution in [1.29, 1.82) is 0 Å². The van der Waals surface area contributed by atoms with Crippen LogP contribution in [0.4, 0.5) is 0 Å². The molecule has 1 saturated carbocycles. The third kappa shape index (κ3) is 3.36. The second kappa shape index (κ2) is 6.21. The van der Waals surface area contributed by atoms with Gasteiger partial charge in [-0.1, -0.05) is 27.2 Å². The summed E-state index contributed by atoms with van der Waals surface area (Å²) >= 11 is 1.91. The predicted molar refractivity (Wildman–Crippen MR) is 81.4 cm³/mol. The highest BCUT2D eigenvalue weighted by atomic mass is 32.1. The summed E-state index contributed by atoms with van der Waals surface area (Å²) in [6.45, 7) is 10.4. The molecule has 1 aliphatic carbocycles. The van der Waals surface area contributed by atoms with Crippen molar-refractivity contribution in [3.8, 4) is 0 Å². The van der Waals surface area contributed by atoms with E-state index in [2.05, 4.69) is 44.5 Å². The Balaban J connectivity index is 2.09. The molecular weight excluding hydrogens is 238 g/mol. The molecule has 0 amide bonds. The molecule has 1 heterocycles. The van der Waals surface area contributed by atoms with Crippen molar-refractivity contribution in [3.05, 3.63) is 21.9 Å². The smallest absolute Gasteiger partial charge is 0.00491 e. The molecule has 18 heavy (non-hydrogen) atoms. The number of hydrogen-bond donors (Lipinski definition) is 1. The Hall–Kier alpha value is -0.340. The van der Waals surface area contributed by atoms with Crippen LogP contribution >= 0.6 is 11.3 Å². The molecule has 0 bridgehead atoms. The molecule has 0 aromatic carbocycles. The third-order valence-corrected chi connectivity index (χ3v) is 5.20. The van der Waals surface area contributed by atoms with Crippen LogP contribution in [-0.2, 0) is 0 Å². The Labute approximate surface area is 116 Å². The lowest BCUT2D eigenvalue weighted by Gasteiger charge is -2.36. The molecule has 0 aliphatic heterocycles. The van der Waals surface area contributed by atoms with Gasteiger partial charge in [-0.3, -0.25) is 0 Å². The summed E-state index contributed by atoms with van der Waals surface area (Å²) < 4.78 is 0. The first-order chi connectivity index (χ1) is 8.58. The van der Waals surface area contributed by atoms with Gasteiger partial charge in [0.15, 0.2) is 0 Å². The molecule has 0 saturated heterocycles. The lowest BCUT2D eigenvalue weighted by Crippen LogP contribution is -2.34. The second-order valence-corrected chi connectivity index (χ2v) is 7.40. The molecule has 2 heteroatoms. The number of hydrogen-bond acceptors (Lipinski definition) is 2. The molecule has 1 aromatic heterocycles. The average Bonchev–Trinajstić information content (AvgIpc) is 2.73. The highest BCUT2D eigenvalue weighted by Gasteiger charge is 2.30. The second-order valence-electron chi connectivity index (χ2n) is 6.28. The highest BCUT2D eigenvalue weighted by Crippen LogP contribution is 2.42. The zero-order valence-electron chi connectivity index (χ0n) is 12.2. The van der Waals surface area contributed by atoms with E-state index in [0.29, 0.717) is 6.04 Å². The standard InChI is InChI=1S/C16H27NS/c1-11(2)17-10-14-6-5-12(3)9-16(14)15-7-8-18-13(15)4/h7-8,11-12,14,16-17H,5-6,9-10H2,1-4H3. The van der Waals surface area contributed by atoms with Crippen molar-refractivity contribution >= 4 is 11.3 Å². The fraction of sp³-hybridized carbons (Fsp3) is 0.750. The fourth-order valence-corrected chi connectivity index (χ4v) is 4.01. The fourth-order valence-electron chi connectivity index (χ4n) is 3.24. The summed E-state index contributed by atoms with van der Waals surface area (Å²) in [7, 11) is 0. The van der Waals surface area contributed by atoms with E-state index in [9.17, 15) is 0 Å². The van der Waals surface area contributed by atoms with Gasteiger partial charge >= 0.3 is 0 Å². The maximum atomic E-state index is 3.64. The Morgan fingerprint density at radius 3 is 2.78 bits per heavy atom. The third-order valence-electron chi connectivity index (χ3n) is 4.34. The number of aryl methyl sites for hydroxylation is 1. The van der Waals surface area contributed by atoms with Crippen LogP contribution in [0.15, 0.2) is 11.4 Å². The topological polar surface area (TPSA) is 12.0 Å². The van der Waals surface area contributed by atoms with Crippen LogP contribution in [0.25, 0.3) is 0 Å². The summed E-state index contributed by atoms with van der Waals surface area (Å²) in [6.07, 6.45) is 4.17. The van der Waals surface area contributed by atoms with Gasteiger partial charge in [-0.05, 0) is 61.1 Å². The number of rotatable bonds is 4. The van der Waals surface area contributed by atoms with Crippen molar-refractivity contribution in [1.82, 2.24) is 5.32 Å². The summed E-state index contributed by atoms with van der Waals surface area (Å²) in [5, 5.41) is 5.91. The van der Waals surface area contributed by atoms with E-state index in [1.54, 1.807) is 5.56 Å². The Morgan fingerprint density at radius 2 is 2.17 bits per heavy atom. The van der Waals surface area contributed by atoms with Gasteiger partial charge in [-0.2, -0.15) is 0 Å². The van der Waals surface area contributed by atoms with Crippen LogP contribution < -0.4 is 5.32 Å². The molecule has 1 N–H and O–H groups in total. The molecular formula is C16H27NS. The summed E-state index contributed by atoms with van der Waals surface area (Å²) in [5.74, 6) is 2.51. The molecule has 0 spiro atoms. The summed E-state index contributed by atoms with van der Waals surface area (Å²) in [5.41, 5.74) is 1.63. The van der Waals surface area contributed by atoms with Crippen molar-refractivity contribution < 1.29 is 0 Å². The molecule has 1 fully saturated rings. The number of nitrogens with one attached hydrogen (secondary N) is 1. The zero-order valence-corrected chi connectivity index (χ0v) is 13.0. The van der Waals surface area contributed by atoms with Gasteiger partial charge < -0.3 is 5.32 Å². The van der Waals surface area contributed by atoms with Crippen molar-refractivity contribution in [2.24, 2.45) is 11.8 Å². The Morgan fingerprint density at radius 1 is 1.39 bits per heavy atom. The average molecular weight is 265 g/mol. The van der Waals surface area contributed by atoms with Crippen LogP contribution in [0.5, 0.6) is 0 Å². The largest absolute Gasteiger partial charge is 0.314 e. The molecule has 1 nitrogen and oxygen atoms in total. The van der Waals surface area contributed by atoms with Gasteiger partial charge in [-0.25, -0.2) is 0 Å². The molecule has 0 radical (unpaired) electrons. The molecule has 1 aromatic rings. The maximum absolute atomic E-state index is 3.64. The minimum absolute atomic E-state index is 0.605. The molecule has 3 unspecified atom stereocenters. The van der Waals surface area contributed by atoms with Crippen LogP contribution in [0.3, 0.4) is 0 Å². The summed E-state index contributed by atoms with van der Waals surface area (Å²) in [4.78, 5) is 1.53. The monoisotopic (exact) mass is 265 g/mol. The molecule has 102 valence electrons. The van der Waals surface area contributed by atoms with Crippen LogP contribution in [0.1, 0.15) is 56.4 Å². The van der Waals surface area contributed by atoms with Gasteiger partial charge in [-0.15, -0.1) is 11.3 Å². The van der Waals surface area contributed by atoms with Gasteiger partial charge in [0.05, 0.1) is 0 Å². The van der Waals surface area contributed by atoms with E-state index < -0.39 is 0 Å². The highest BCUT2D eigenvalue weighted by molar-refractivity contribution is 7.10. The molecule has 1 aliphatic rings.